The summed E-state index contributed by atoms with van der Waals surface area (Å²) in [5, 5.41) is 56.9. The molecule has 0 radical (unpaired) electrons. The van der Waals surface area contributed by atoms with Gasteiger partial charge in [-0.25, -0.2) is 0 Å². The number of nitrogens with zero attached hydrogens (tertiary/aromatic N) is 2. The molecule has 0 saturated carbocycles. The van der Waals surface area contributed by atoms with Gasteiger partial charge in [-0.3, -0.25) is 20.2 Å². The Morgan fingerprint density at radius 3 is 1.53 bits per heavy atom. The summed E-state index contributed by atoms with van der Waals surface area (Å²) >= 11 is 11.5. The van der Waals surface area contributed by atoms with Gasteiger partial charge in [-0.2, -0.15) is 0 Å². The van der Waals surface area contributed by atoms with Crippen molar-refractivity contribution in [2.75, 3.05) is 6.54 Å². The molecule has 10 nitrogen and oxygen atoms in total. The van der Waals surface area contributed by atoms with Crippen LogP contribution in [0.15, 0.2) is 97.1 Å². The van der Waals surface area contributed by atoms with E-state index in [9.17, 15) is 35.5 Å². The maximum Gasteiger partial charge on any atom is 0.288 e. The molecule has 4 aromatic carbocycles. The third kappa shape index (κ3) is 8.23. The number of rotatable bonds is 10. The predicted molar refractivity (Wildman–Crippen MR) is 172 cm³/mol. The van der Waals surface area contributed by atoms with Crippen molar-refractivity contribution in [3.8, 4) is 0 Å². The molecule has 0 bridgehead atoms. The Hall–Kier alpha value is -3.90. The maximum atomic E-state index is 11.4. The van der Waals surface area contributed by atoms with E-state index < -0.39 is 27.7 Å². The molecular weight excluding hydrogens is 621 g/mol. The Morgan fingerprint density at radius 1 is 0.756 bits per heavy atom. The highest BCUT2D eigenvalue weighted by Gasteiger charge is 2.41. The Balaban J connectivity index is 0.000000214. The van der Waals surface area contributed by atoms with E-state index in [2.05, 4.69) is 5.32 Å². The molecule has 0 spiro atoms. The van der Waals surface area contributed by atoms with E-state index in [-0.39, 0.29) is 51.4 Å². The van der Waals surface area contributed by atoms with Crippen LogP contribution >= 0.6 is 23.2 Å². The molecule has 1 saturated heterocycles. The van der Waals surface area contributed by atoms with Gasteiger partial charge in [0, 0.05) is 18.2 Å². The van der Waals surface area contributed by atoms with Crippen LogP contribution in [0.1, 0.15) is 60.1 Å². The SMILES string of the molecule is O=[N+]([O-])c1cc([C@@H](O)CC[C@H](O)c2ccc(Cl)c([N+](=O)[O-])c2)ccc1Cl.OC(c1ccccc1)(c1ccccc1)[C@H]1CCCN1. The lowest BCUT2D eigenvalue weighted by Gasteiger charge is -2.35. The molecule has 0 aliphatic carbocycles. The van der Waals surface area contributed by atoms with E-state index in [1.54, 1.807) is 0 Å². The van der Waals surface area contributed by atoms with Gasteiger partial charge in [0.05, 0.1) is 22.1 Å². The molecule has 1 fully saturated rings. The van der Waals surface area contributed by atoms with Crippen molar-refractivity contribution in [3.05, 3.63) is 150 Å². The minimum Gasteiger partial charge on any atom is -0.388 e. The minimum atomic E-state index is -1.07. The fraction of sp³-hybridized carbons (Fsp3) is 0.273. The normalized spacial score (nSPS) is 15.9. The van der Waals surface area contributed by atoms with E-state index in [0.29, 0.717) is 0 Å². The summed E-state index contributed by atoms with van der Waals surface area (Å²) in [4.78, 5) is 20.5. The fourth-order valence-corrected chi connectivity index (χ4v) is 5.77. The average Bonchev–Trinajstić information content (AvgIpc) is 3.60. The number of aliphatic hydroxyl groups is 3. The van der Waals surface area contributed by atoms with Crippen molar-refractivity contribution in [2.24, 2.45) is 0 Å². The zero-order chi connectivity index (χ0) is 32.6. The zero-order valence-electron chi connectivity index (χ0n) is 24.1. The average molecular weight is 655 g/mol. The first kappa shape index (κ1) is 34.0. The van der Waals surface area contributed by atoms with Crippen LogP contribution < -0.4 is 5.32 Å². The summed E-state index contributed by atoms with van der Waals surface area (Å²) in [7, 11) is 0. The first-order valence-electron chi connectivity index (χ1n) is 14.3. The highest BCUT2D eigenvalue weighted by atomic mass is 35.5. The lowest BCUT2D eigenvalue weighted by molar-refractivity contribution is -0.385. The van der Waals surface area contributed by atoms with Gasteiger partial charge in [-0.15, -0.1) is 0 Å². The van der Waals surface area contributed by atoms with Crippen LogP contribution in [0.5, 0.6) is 0 Å². The number of nitro groups is 2. The van der Waals surface area contributed by atoms with Gasteiger partial charge in [-0.1, -0.05) is 96.0 Å². The Labute approximate surface area is 270 Å². The Morgan fingerprint density at radius 2 is 1.18 bits per heavy atom. The van der Waals surface area contributed by atoms with Crippen molar-refractivity contribution < 1.29 is 25.2 Å². The second-order valence-electron chi connectivity index (χ2n) is 10.7. The van der Waals surface area contributed by atoms with Crippen LogP contribution in [-0.4, -0.2) is 37.8 Å². The van der Waals surface area contributed by atoms with Crippen molar-refractivity contribution in [1.29, 1.82) is 0 Å². The van der Waals surface area contributed by atoms with Crippen molar-refractivity contribution in [3.63, 3.8) is 0 Å². The van der Waals surface area contributed by atoms with Crippen LogP contribution in [0, 0.1) is 20.2 Å². The molecule has 45 heavy (non-hydrogen) atoms. The van der Waals surface area contributed by atoms with E-state index in [0.717, 1.165) is 30.5 Å². The number of nitrogens with one attached hydrogen (secondary N) is 1. The summed E-state index contributed by atoms with van der Waals surface area (Å²) in [6, 6.07) is 27.9. The number of benzene rings is 4. The topological polar surface area (TPSA) is 159 Å². The molecule has 1 aliphatic heterocycles. The number of hydrogen-bond acceptors (Lipinski definition) is 8. The Kier molecular flexibility index (Phi) is 11.6. The van der Waals surface area contributed by atoms with Crippen molar-refractivity contribution in [2.45, 2.75) is 49.5 Å². The molecule has 1 aliphatic rings. The first-order chi connectivity index (χ1) is 21.5. The molecule has 12 heteroatoms. The fourth-order valence-electron chi connectivity index (χ4n) is 5.40. The Bertz CT molecular complexity index is 1490. The number of aliphatic hydroxyl groups excluding tert-OH is 2. The molecule has 236 valence electrons. The number of nitro benzene ring substituents is 2. The summed E-state index contributed by atoms with van der Waals surface area (Å²) in [6.45, 7) is 0.979. The van der Waals surface area contributed by atoms with E-state index in [1.165, 1.54) is 36.4 Å². The lowest BCUT2D eigenvalue weighted by Crippen LogP contribution is -2.46. The quantitative estimate of drug-likeness (QED) is 0.105. The molecule has 0 amide bonds. The van der Waals surface area contributed by atoms with Gasteiger partial charge in [0.2, 0.25) is 0 Å². The standard InChI is InChI=1S/C17H19NO.C16H14Cl2N2O6/c19-17(16-12-7-13-18-16,14-8-3-1-4-9-14)15-10-5-2-6-11-15;17-11-3-1-9(7-13(11)19(23)24)15(21)5-6-16(22)10-2-4-12(18)14(8-10)20(25)26/h1-6,8-11,16,18-19H,7,12-13H2;1-4,7-8,15-16,21-22H,5-6H2/t16-;15-,16-/m10/s1. The molecule has 0 unspecified atom stereocenters. The van der Waals surface area contributed by atoms with Gasteiger partial charge in [0.1, 0.15) is 15.6 Å². The largest absolute Gasteiger partial charge is 0.388 e. The van der Waals surface area contributed by atoms with Crippen LogP contribution in [0.4, 0.5) is 11.4 Å². The highest BCUT2D eigenvalue weighted by molar-refractivity contribution is 6.33. The smallest absolute Gasteiger partial charge is 0.288 e. The number of halogens is 2. The third-order valence-corrected chi connectivity index (χ3v) is 8.45. The van der Waals surface area contributed by atoms with E-state index >= 15 is 0 Å². The van der Waals surface area contributed by atoms with Gasteiger partial charge >= 0.3 is 0 Å². The molecule has 4 aromatic rings. The second-order valence-corrected chi connectivity index (χ2v) is 11.5. The second kappa shape index (κ2) is 15.4. The highest BCUT2D eigenvalue weighted by Crippen LogP contribution is 2.36. The summed E-state index contributed by atoms with van der Waals surface area (Å²) in [6.07, 6.45) is 0.144. The summed E-state index contributed by atoms with van der Waals surface area (Å²) in [5.41, 5.74) is 0.903. The van der Waals surface area contributed by atoms with Crippen molar-refractivity contribution in [1.82, 2.24) is 5.32 Å². The molecule has 5 rings (SSSR count). The van der Waals surface area contributed by atoms with E-state index in [1.807, 2.05) is 60.7 Å². The molecular formula is C33H33Cl2N3O7. The third-order valence-electron chi connectivity index (χ3n) is 7.81. The van der Waals surface area contributed by atoms with Crippen LogP contribution in [0.2, 0.25) is 10.0 Å². The van der Waals surface area contributed by atoms with Gasteiger partial charge in [0.25, 0.3) is 11.4 Å². The molecule has 1 heterocycles. The minimum absolute atomic E-state index is 0.0422. The predicted octanol–water partition coefficient (Wildman–Crippen LogP) is 7.03. The first-order valence-corrected chi connectivity index (χ1v) is 15.1. The molecule has 0 aromatic heterocycles. The van der Waals surface area contributed by atoms with Crippen LogP contribution in [0.3, 0.4) is 0 Å². The van der Waals surface area contributed by atoms with Crippen molar-refractivity contribution >= 4 is 34.6 Å². The maximum absolute atomic E-state index is 11.4. The summed E-state index contributed by atoms with van der Waals surface area (Å²) < 4.78 is 0. The van der Waals surface area contributed by atoms with E-state index in [4.69, 9.17) is 23.2 Å². The lowest BCUT2D eigenvalue weighted by atomic mass is 9.79. The van der Waals surface area contributed by atoms with Gasteiger partial charge < -0.3 is 20.6 Å². The molecule has 4 N–H and O–H groups in total. The van der Waals surface area contributed by atoms with Gasteiger partial charge in [0.15, 0.2) is 0 Å². The summed E-state index contributed by atoms with van der Waals surface area (Å²) in [5.74, 6) is 0. The van der Waals surface area contributed by atoms with Crippen LogP contribution in [-0.2, 0) is 5.60 Å². The zero-order valence-corrected chi connectivity index (χ0v) is 25.6. The van der Waals surface area contributed by atoms with Crippen LogP contribution in [0.25, 0.3) is 0 Å². The molecule has 3 atom stereocenters. The monoisotopic (exact) mass is 653 g/mol. The number of hydrogen-bond donors (Lipinski definition) is 4. The van der Waals surface area contributed by atoms with Gasteiger partial charge in [-0.05, 0) is 66.6 Å².